The van der Waals surface area contributed by atoms with Crippen LogP contribution in [0.25, 0.3) is 0 Å². The Balaban J connectivity index is 1.33. The summed E-state index contributed by atoms with van der Waals surface area (Å²) in [6.07, 6.45) is 5.08. The molecule has 3 aromatic carbocycles. The van der Waals surface area contributed by atoms with Crippen molar-refractivity contribution in [2.75, 3.05) is 18.9 Å². The first-order chi connectivity index (χ1) is 16.0. The third kappa shape index (κ3) is 7.68. The molecule has 0 aromatic heterocycles. The summed E-state index contributed by atoms with van der Waals surface area (Å²) >= 11 is 0. The van der Waals surface area contributed by atoms with E-state index in [-0.39, 0.29) is 22.7 Å². The first kappa shape index (κ1) is 23.9. The van der Waals surface area contributed by atoms with Gasteiger partial charge in [0.2, 0.25) is 0 Å². The largest absolute Gasteiger partial charge is 0.494 e. The van der Waals surface area contributed by atoms with Gasteiger partial charge in [-0.1, -0.05) is 42.5 Å². The first-order valence-electron chi connectivity index (χ1n) is 11.2. The molecule has 0 aliphatic rings. The molecule has 0 fully saturated rings. The van der Waals surface area contributed by atoms with Gasteiger partial charge in [-0.05, 0) is 73.6 Å². The lowest BCUT2D eigenvalue weighted by Crippen LogP contribution is -2.26. The number of aryl methyl sites for hydroxylation is 1. The quantitative estimate of drug-likeness (QED) is 0.276. The van der Waals surface area contributed by atoms with Gasteiger partial charge in [0, 0.05) is 17.8 Å². The van der Waals surface area contributed by atoms with Crippen LogP contribution in [0.4, 0.5) is 5.69 Å². The Morgan fingerprint density at radius 1 is 0.848 bits per heavy atom. The van der Waals surface area contributed by atoms with E-state index in [1.807, 2.05) is 30.3 Å². The summed E-state index contributed by atoms with van der Waals surface area (Å²) in [4.78, 5) is 23.5. The van der Waals surface area contributed by atoms with Crippen LogP contribution in [-0.2, 0) is 12.8 Å². The van der Waals surface area contributed by atoms with E-state index in [0.717, 1.165) is 37.0 Å². The second-order valence-corrected chi connectivity index (χ2v) is 7.90. The fourth-order valence-corrected chi connectivity index (χ4v) is 3.50. The lowest BCUT2D eigenvalue weighted by molar-refractivity contribution is 0.0698. The maximum atomic E-state index is 12.3. The van der Waals surface area contributed by atoms with Gasteiger partial charge in [-0.15, -0.1) is 0 Å². The predicted molar refractivity (Wildman–Crippen MR) is 130 cm³/mol. The highest BCUT2D eigenvalue weighted by Crippen LogP contribution is 2.15. The number of carboxylic acids is 1. The van der Waals surface area contributed by atoms with Crippen molar-refractivity contribution >= 4 is 17.6 Å². The van der Waals surface area contributed by atoms with E-state index in [1.54, 1.807) is 0 Å². The monoisotopic (exact) mass is 446 g/mol. The molecule has 0 unspecified atom stereocenters. The van der Waals surface area contributed by atoms with Crippen molar-refractivity contribution in [1.29, 1.82) is 0 Å². The third-order valence-electron chi connectivity index (χ3n) is 5.39. The standard InChI is InChI=1S/C27H30N2O4/c28-25-15-12-22(19-24(25)27(31)32)26(30)29-17-16-21-10-13-23(14-11-21)33-18-6-2-5-9-20-7-3-1-4-8-20/h1,3-4,7-8,10-15,19H,2,5-6,9,16-18,28H2,(H,29,30)(H,31,32). The average molecular weight is 447 g/mol. The molecular formula is C27H30N2O4. The van der Waals surface area contributed by atoms with Gasteiger partial charge >= 0.3 is 5.97 Å². The summed E-state index contributed by atoms with van der Waals surface area (Å²) in [5.41, 5.74) is 8.42. The van der Waals surface area contributed by atoms with Crippen molar-refractivity contribution in [2.45, 2.75) is 32.1 Å². The Kier molecular flexibility index (Phi) is 8.88. The molecule has 0 aliphatic heterocycles. The number of carbonyl (C=O) groups excluding carboxylic acids is 1. The smallest absolute Gasteiger partial charge is 0.337 e. The minimum absolute atomic E-state index is 0.0746. The number of rotatable bonds is 12. The van der Waals surface area contributed by atoms with Gasteiger partial charge in [0.1, 0.15) is 5.75 Å². The minimum atomic E-state index is -1.16. The number of benzene rings is 3. The van der Waals surface area contributed by atoms with Crippen LogP contribution in [0, 0.1) is 0 Å². The van der Waals surface area contributed by atoms with Crippen molar-refractivity contribution in [3.05, 3.63) is 95.1 Å². The number of carbonyl (C=O) groups is 2. The Hall–Kier alpha value is -3.80. The topological polar surface area (TPSA) is 102 Å². The second-order valence-electron chi connectivity index (χ2n) is 7.90. The van der Waals surface area contributed by atoms with E-state index < -0.39 is 5.97 Å². The van der Waals surface area contributed by atoms with E-state index in [0.29, 0.717) is 19.6 Å². The zero-order chi connectivity index (χ0) is 23.5. The number of amides is 1. The van der Waals surface area contributed by atoms with Gasteiger partial charge in [-0.2, -0.15) is 0 Å². The van der Waals surface area contributed by atoms with Crippen LogP contribution in [0.3, 0.4) is 0 Å². The van der Waals surface area contributed by atoms with Crippen LogP contribution in [-0.4, -0.2) is 30.1 Å². The van der Waals surface area contributed by atoms with Crippen LogP contribution in [0.2, 0.25) is 0 Å². The fourth-order valence-electron chi connectivity index (χ4n) is 3.50. The lowest BCUT2D eigenvalue weighted by atomic mass is 10.1. The highest BCUT2D eigenvalue weighted by molar-refractivity contribution is 6.00. The highest BCUT2D eigenvalue weighted by Gasteiger charge is 2.12. The predicted octanol–water partition coefficient (Wildman–Crippen LogP) is 4.73. The zero-order valence-electron chi connectivity index (χ0n) is 18.6. The second kappa shape index (κ2) is 12.3. The molecule has 172 valence electrons. The van der Waals surface area contributed by atoms with Gasteiger partial charge in [0.25, 0.3) is 5.91 Å². The number of nitrogens with two attached hydrogens (primary N) is 1. The molecule has 0 spiro atoms. The van der Waals surface area contributed by atoms with E-state index in [1.165, 1.54) is 23.8 Å². The van der Waals surface area contributed by atoms with Crippen molar-refractivity contribution in [3.8, 4) is 5.75 Å². The summed E-state index contributed by atoms with van der Waals surface area (Å²) < 4.78 is 5.83. The normalized spacial score (nSPS) is 10.5. The molecule has 0 aliphatic carbocycles. The number of hydrogen-bond donors (Lipinski definition) is 3. The third-order valence-corrected chi connectivity index (χ3v) is 5.39. The number of hydrogen-bond acceptors (Lipinski definition) is 4. The van der Waals surface area contributed by atoms with Crippen LogP contribution < -0.4 is 15.8 Å². The molecule has 1 amide bonds. The number of nitrogens with one attached hydrogen (secondary N) is 1. The van der Waals surface area contributed by atoms with Crippen molar-refractivity contribution < 1.29 is 19.4 Å². The molecule has 3 rings (SSSR count). The molecule has 0 radical (unpaired) electrons. The minimum Gasteiger partial charge on any atom is -0.494 e. The molecule has 0 saturated heterocycles. The summed E-state index contributed by atoms with van der Waals surface area (Å²) in [6.45, 7) is 1.14. The molecule has 0 bridgehead atoms. The molecule has 0 atom stereocenters. The number of carboxylic acid groups (broad SMARTS) is 1. The Morgan fingerprint density at radius 3 is 2.30 bits per heavy atom. The highest BCUT2D eigenvalue weighted by atomic mass is 16.5. The number of unbranched alkanes of at least 4 members (excludes halogenated alkanes) is 2. The summed E-state index contributed by atoms with van der Waals surface area (Å²) in [5, 5.41) is 11.9. The summed E-state index contributed by atoms with van der Waals surface area (Å²) in [7, 11) is 0. The molecular weight excluding hydrogens is 416 g/mol. The summed E-state index contributed by atoms with van der Waals surface area (Å²) in [6, 6.07) is 22.6. The number of nitrogen functional groups attached to an aromatic ring is 1. The van der Waals surface area contributed by atoms with E-state index in [2.05, 4.69) is 29.6 Å². The van der Waals surface area contributed by atoms with Gasteiger partial charge in [0.05, 0.1) is 12.2 Å². The van der Waals surface area contributed by atoms with Crippen molar-refractivity contribution in [3.63, 3.8) is 0 Å². The van der Waals surface area contributed by atoms with Gasteiger partial charge in [0.15, 0.2) is 0 Å². The van der Waals surface area contributed by atoms with E-state index >= 15 is 0 Å². The van der Waals surface area contributed by atoms with E-state index in [9.17, 15) is 9.59 Å². The average Bonchev–Trinajstić information content (AvgIpc) is 2.83. The van der Waals surface area contributed by atoms with Crippen LogP contribution in [0.5, 0.6) is 5.75 Å². The Labute approximate surface area is 194 Å². The Bertz CT molecular complexity index is 1050. The van der Waals surface area contributed by atoms with Crippen molar-refractivity contribution in [1.82, 2.24) is 5.32 Å². The SMILES string of the molecule is Nc1ccc(C(=O)NCCc2ccc(OCCCCCc3ccccc3)cc2)cc1C(=O)O. The molecule has 4 N–H and O–H groups in total. The number of aromatic carboxylic acids is 1. The van der Waals surface area contributed by atoms with Crippen LogP contribution in [0.15, 0.2) is 72.8 Å². The van der Waals surface area contributed by atoms with Gasteiger partial charge < -0.3 is 20.9 Å². The fraction of sp³-hybridized carbons (Fsp3) is 0.259. The molecule has 0 saturated carbocycles. The van der Waals surface area contributed by atoms with Gasteiger partial charge in [-0.25, -0.2) is 4.79 Å². The Morgan fingerprint density at radius 2 is 1.58 bits per heavy atom. The van der Waals surface area contributed by atoms with Crippen LogP contribution in [0.1, 0.15) is 51.1 Å². The van der Waals surface area contributed by atoms with Crippen molar-refractivity contribution in [2.24, 2.45) is 0 Å². The lowest BCUT2D eigenvalue weighted by Gasteiger charge is -2.09. The molecule has 6 heteroatoms. The van der Waals surface area contributed by atoms with Gasteiger partial charge in [-0.3, -0.25) is 4.79 Å². The maximum absolute atomic E-state index is 12.3. The number of ether oxygens (including phenoxy) is 1. The zero-order valence-corrected chi connectivity index (χ0v) is 18.6. The number of anilines is 1. The summed E-state index contributed by atoms with van der Waals surface area (Å²) in [5.74, 6) is -0.643. The maximum Gasteiger partial charge on any atom is 0.337 e. The van der Waals surface area contributed by atoms with E-state index in [4.69, 9.17) is 15.6 Å². The first-order valence-corrected chi connectivity index (χ1v) is 11.2. The molecule has 6 nitrogen and oxygen atoms in total. The molecule has 3 aromatic rings. The molecule has 0 heterocycles. The van der Waals surface area contributed by atoms with Crippen LogP contribution >= 0.6 is 0 Å². The molecule has 33 heavy (non-hydrogen) atoms.